The van der Waals surface area contributed by atoms with Crippen molar-refractivity contribution in [3.8, 4) is 5.75 Å². The van der Waals surface area contributed by atoms with Crippen molar-refractivity contribution in [2.75, 3.05) is 13.2 Å². The minimum absolute atomic E-state index is 0.0207. The Labute approximate surface area is 166 Å². The van der Waals surface area contributed by atoms with Gasteiger partial charge in [0.05, 0.1) is 6.04 Å². The number of carbonyl (C=O) groups is 2. The second kappa shape index (κ2) is 9.97. The van der Waals surface area contributed by atoms with Crippen LogP contribution < -0.4 is 10.1 Å². The van der Waals surface area contributed by atoms with Crippen molar-refractivity contribution >= 4 is 11.9 Å². The van der Waals surface area contributed by atoms with Gasteiger partial charge >= 0.3 is 12.6 Å². The van der Waals surface area contributed by atoms with E-state index < -0.39 is 37.2 Å². The number of nitrogens with one attached hydrogen (secondary N) is 1. The van der Waals surface area contributed by atoms with Crippen LogP contribution in [0.5, 0.6) is 5.75 Å². The summed E-state index contributed by atoms with van der Waals surface area (Å²) in [5.41, 5.74) is 1.45. The van der Waals surface area contributed by atoms with Gasteiger partial charge in [-0.15, -0.1) is 0 Å². The lowest BCUT2D eigenvalue weighted by atomic mass is 9.98. The van der Waals surface area contributed by atoms with Gasteiger partial charge < -0.3 is 19.5 Å². The Morgan fingerprint density at radius 1 is 1.07 bits per heavy atom. The standard InChI is InChI=1S/C21H21F2NO5/c22-21(23)29-16-10-8-15(9-11-16)19(14-5-2-1-3-6-14)24-18(25)13-28-20(26)17-7-4-12-27-17/h1-3,5-6,8-11,17,19,21H,4,7,12-13H2,(H,24,25)/t17-,19-/m0/s1. The predicted molar refractivity (Wildman–Crippen MR) is 99.4 cm³/mol. The molecule has 8 heteroatoms. The van der Waals surface area contributed by atoms with Gasteiger partial charge in [0.1, 0.15) is 5.75 Å². The molecule has 1 N–H and O–H groups in total. The van der Waals surface area contributed by atoms with E-state index in [0.29, 0.717) is 18.6 Å². The summed E-state index contributed by atoms with van der Waals surface area (Å²) in [6.07, 6.45) is 0.753. The van der Waals surface area contributed by atoms with Crippen LogP contribution in [0.2, 0.25) is 0 Å². The third-order valence-corrected chi connectivity index (χ3v) is 4.41. The van der Waals surface area contributed by atoms with Crippen molar-refractivity contribution in [2.45, 2.75) is 31.6 Å². The molecule has 1 amide bonds. The first kappa shape index (κ1) is 20.7. The van der Waals surface area contributed by atoms with E-state index in [9.17, 15) is 18.4 Å². The Kier molecular flexibility index (Phi) is 7.13. The zero-order chi connectivity index (χ0) is 20.6. The van der Waals surface area contributed by atoms with E-state index in [4.69, 9.17) is 9.47 Å². The summed E-state index contributed by atoms with van der Waals surface area (Å²) in [4.78, 5) is 24.3. The fourth-order valence-electron chi connectivity index (χ4n) is 3.04. The molecule has 0 aliphatic carbocycles. The van der Waals surface area contributed by atoms with Gasteiger partial charge in [0.15, 0.2) is 12.7 Å². The molecule has 2 atom stereocenters. The van der Waals surface area contributed by atoms with E-state index in [1.807, 2.05) is 30.3 Å². The maximum Gasteiger partial charge on any atom is 0.387 e. The van der Waals surface area contributed by atoms with Gasteiger partial charge in [-0.05, 0) is 36.1 Å². The number of amides is 1. The van der Waals surface area contributed by atoms with Crippen molar-refractivity contribution in [3.05, 3.63) is 65.7 Å². The zero-order valence-electron chi connectivity index (χ0n) is 15.6. The molecule has 0 radical (unpaired) electrons. The Balaban J connectivity index is 1.67. The van der Waals surface area contributed by atoms with E-state index in [1.54, 1.807) is 12.1 Å². The quantitative estimate of drug-likeness (QED) is 0.683. The highest BCUT2D eigenvalue weighted by molar-refractivity contribution is 5.82. The smallest absolute Gasteiger partial charge is 0.387 e. The Hall–Kier alpha value is -3.00. The van der Waals surface area contributed by atoms with Crippen LogP contribution in [0.25, 0.3) is 0 Å². The van der Waals surface area contributed by atoms with Crippen molar-refractivity contribution in [1.82, 2.24) is 5.32 Å². The average molecular weight is 405 g/mol. The lowest BCUT2D eigenvalue weighted by Crippen LogP contribution is -2.34. The summed E-state index contributed by atoms with van der Waals surface area (Å²) in [6, 6.07) is 14.6. The SMILES string of the molecule is O=C(COC(=O)[C@@H]1CCCO1)N[C@@H](c1ccccc1)c1ccc(OC(F)F)cc1. The highest BCUT2D eigenvalue weighted by Crippen LogP contribution is 2.25. The molecule has 0 aromatic heterocycles. The zero-order valence-corrected chi connectivity index (χ0v) is 15.6. The number of ether oxygens (including phenoxy) is 3. The van der Waals surface area contributed by atoms with Gasteiger partial charge in [-0.3, -0.25) is 4.79 Å². The molecule has 6 nitrogen and oxygen atoms in total. The van der Waals surface area contributed by atoms with Crippen LogP contribution in [0.4, 0.5) is 8.78 Å². The second-order valence-electron chi connectivity index (χ2n) is 6.47. The Bertz CT molecular complexity index is 808. The summed E-state index contributed by atoms with van der Waals surface area (Å²) in [5.74, 6) is -1.02. The molecule has 1 heterocycles. The van der Waals surface area contributed by atoms with Gasteiger partial charge in [-0.25, -0.2) is 4.79 Å². The van der Waals surface area contributed by atoms with Crippen LogP contribution in [0.1, 0.15) is 30.0 Å². The number of hydrogen-bond acceptors (Lipinski definition) is 5. The van der Waals surface area contributed by atoms with Crippen LogP contribution in [0, 0.1) is 0 Å². The van der Waals surface area contributed by atoms with Gasteiger partial charge in [0.25, 0.3) is 5.91 Å². The molecule has 0 spiro atoms. The summed E-state index contributed by atoms with van der Waals surface area (Å²) in [6.45, 7) is -2.84. The minimum Gasteiger partial charge on any atom is -0.454 e. The van der Waals surface area contributed by atoms with E-state index in [1.165, 1.54) is 12.1 Å². The molecular formula is C21H21F2NO5. The first-order chi connectivity index (χ1) is 14.0. The number of carbonyl (C=O) groups excluding carboxylic acids is 2. The van der Waals surface area contributed by atoms with Crippen LogP contribution in [-0.4, -0.2) is 37.8 Å². The van der Waals surface area contributed by atoms with Crippen LogP contribution in [-0.2, 0) is 19.1 Å². The van der Waals surface area contributed by atoms with E-state index in [0.717, 1.165) is 12.0 Å². The maximum atomic E-state index is 12.4. The number of rotatable bonds is 8. The number of halogens is 2. The number of alkyl halides is 2. The molecule has 0 bridgehead atoms. The molecule has 154 valence electrons. The molecule has 3 rings (SSSR count). The molecule has 29 heavy (non-hydrogen) atoms. The maximum absolute atomic E-state index is 12.4. The summed E-state index contributed by atoms with van der Waals surface area (Å²) >= 11 is 0. The van der Waals surface area contributed by atoms with Gasteiger partial charge in [0.2, 0.25) is 0 Å². The van der Waals surface area contributed by atoms with E-state index >= 15 is 0 Å². The molecule has 1 aliphatic rings. The second-order valence-corrected chi connectivity index (χ2v) is 6.47. The lowest BCUT2D eigenvalue weighted by Gasteiger charge is -2.20. The van der Waals surface area contributed by atoms with Gasteiger partial charge in [-0.2, -0.15) is 8.78 Å². The van der Waals surface area contributed by atoms with Gasteiger partial charge in [-0.1, -0.05) is 42.5 Å². The van der Waals surface area contributed by atoms with Crippen LogP contribution in [0.3, 0.4) is 0 Å². The van der Waals surface area contributed by atoms with Crippen molar-refractivity contribution < 1.29 is 32.6 Å². The number of esters is 1. The molecule has 1 saturated heterocycles. The van der Waals surface area contributed by atoms with E-state index in [2.05, 4.69) is 10.1 Å². The topological polar surface area (TPSA) is 73.9 Å². The molecule has 2 aromatic carbocycles. The van der Waals surface area contributed by atoms with E-state index in [-0.39, 0.29) is 5.75 Å². The largest absolute Gasteiger partial charge is 0.454 e. The monoisotopic (exact) mass is 405 g/mol. The summed E-state index contributed by atoms with van der Waals surface area (Å²) in [5, 5.41) is 2.81. The van der Waals surface area contributed by atoms with Crippen molar-refractivity contribution in [3.63, 3.8) is 0 Å². The summed E-state index contributed by atoms with van der Waals surface area (Å²) < 4.78 is 39.3. The summed E-state index contributed by atoms with van der Waals surface area (Å²) in [7, 11) is 0. The van der Waals surface area contributed by atoms with Crippen LogP contribution >= 0.6 is 0 Å². The fraction of sp³-hybridized carbons (Fsp3) is 0.333. The Morgan fingerprint density at radius 2 is 1.76 bits per heavy atom. The number of hydrogen-bond donors (Lipinski definition) is 1. The van der Waals surface area contributed by atoms with Crippen LogP contribution in [0.15, 0.2) is 54.6 Å². The molecule has 1 aliphatic heterocycles. The lowest BCUT2D eigenvalue weighted by molar-refractivity contribution is -0.157. The van der Waals surface area contributed by atoms with Gasteiger partial charge in [0, 0.05) is 6.61 Å². The number of benzene rings is 2. The van der Waals surface area contributed by atoms with Crippen molar-refractivity contribution in [1.29, 1.82) is 0 Å². The highest BCUT2D eigenvalue weighted by atomic mass is 19.3. The average Bonchev–Trinajstić information content (AvgIpc) is 3.26. The normalized spacial score (nSPS) is 17.0. The third-order valence-electron chi connectivity index (χ3n) is 4.41. The molecule has 1 fully saturated rings. The first-order valence-corrected chi connectivity index (χ1v) is 9.20. The molecular weight excluding hydrogens is 384 g/mol. The van der Waals surface area contributed by atoms with Crippen molar-refractivity contribution in [2.24, 2.45) is 0 Å². The predicted octanol–water partition coefficient (Wildman–Crippen LogP) is 3.22. The Morgan fingerprint density at radius 3 is 2.38 bits per heavy atom. The minimum atomic E-state index is -2.91. The molecule has 0 saturated carbocycles. The first-order valence-electron chi connectivity index (χ1n) is 9.20. The molecule has 2 aromatic rings. The molecule has 0 unspecified atom stereocenters. The fourth-order valence-corrected chi connectivity index (χ4v) is 3.04. The highest BCUT2D eigenvalue weighted by Gasteiger charge is 2.26. The third kappa shape index (κ3) is 5.99.